The average Bonchev–Trinajstić information content (AvgIpc) is 3.21. The molecule has 5 N–H and O–H groups in total. The molecule has 3 saturated heterocycles. The highest BCUT2D eigenvalue weighted by molar-refractivity contribution is 6.83. The summed E-state index contributed by atoms with van der Waals surface area (Å²) in [7, 11) is 2.37. The zero-order chi connectivity index (χ0) is 46.9. The topological polar surface area (TPSA) is 203 Å². The highest BCUT2D eigenvalue weighted by atomic mass is 28.4. The summed E-state index contributed by atoms with van der Waals surface area (Å²) in [6.45, 7) is 21.3. The number of aliphatic hydroxyl groups excluding tert-OH is 3. The number of hydrogen-bond donors (Lipinski definition) is 5. The molecule has 3 aliphatic rings. The Balaban J connectivity index is 1.82. The molecule has 3 aliphatic heterocycles. The summed E-state index contributed by atoms with van der Waals surface area (Å²) in [6.07, 6.45) is -9.44. The molecule has 0 spiro atoms. The Morgan fingerprint density at radius 3 is 2.10 bits per heavy atom. The first-order valence-electron chi connectivity index (χ1n) is 22.4. The van der Waals surface area contributed by atoms with Crippen molar-refractivity contribution in [2.45, 2.75) is 199 Å². The van der Waals surface area contributed by atoms with E-state index in [1.807, 2.05) is 58.3 Å². The molecule has 3 heterocycles. The van der Waals surface area contributed by atoms with Crippen LogP contribution in [0.1, 0.15) is 100 Å². The van der Waals surface area contributed by atoms with Crippen LogP contribution in [0.25, 0.3) is 0 Å². The third kappa shape index (κ3) is 11.5. The lowest BCUT2D eigenvalue weighted by Gasteiger charge is -2.50. The SMILES string of the molecule is CCC1OC(=O)C(C)C(OC2CC(C)(OC)C(O)C(C)O2)C(C)C(OC2OC(C)CC(N(C)Cc3cccc([Si](C)(C)O)c3)C2O)C(C)(OC)CC(C)C(=O)C(C)C(O)C1(C)O. The minimum Gasteiger partial charge on any atom is -0.459 e. The van der Waals surface area contributed by atoms with E-state index < -0.39 is 116 Å². The number of cyclic esters (lactones) is 1. The van der Waals surface area contributed by atoms with E-state index in [1.165, 1.54) is 21.1 Å². The molecule has 3 fully saturated rings. The quantitative estimate of drug-likeness (QED) is 0.160. The van der Waals surface area contributed by atoms with Gasteiger partial charge in [-0.15, -0.1) is 0 Å². The first-order valence-corrected chi connectivity index (χ1v) is 25.3. The summed E-state index contributed by atoms with van der Waals surface area (Å²) in [4.78, 5) is 41.4. The van der Waals surface area contributed by atoms with Gasteiger partial charge in [-0.25, -0.2) is 0 Å². The number of ketones is 1. The van der Waals surface area contributed by atoms with Crippen LogP contribution in [-0.4, -0.2) is 156 Å². The van der Waals surface area contributed by atoms with Crippen LogP contribution in [0.15, 0.2) is 24.3 Å². The van der Waals surface area contributed by atoms with E-state index >= 15 is 0 Å². The number of benzene rings is 1. The Kier molecular flexibility index (Phi) is 17.6. The van der Waals surface area contributed by atoms with Crippen LogP contribution in [0.5, 0.6) is 0 Å². The molecule has 18 atom stereocenters. The van der Waals surface area contributed by atoms with Crippen LogP contribution < -0.4 is 5.19 Å². The van der Waals surface area contributed by atoms with Crippen molar-refractivity contribution in [3.63, 3.8) is 0 Å². The van der Waals surface area contributed by atoms with E-state index in [1.54, 1.807) is 48.5 Å². The molecule has 1 aromatic rings. The zero-order valence-corrected chi connectivity index (χ0v) is 40.9. The largest absolute Gasteiger partial charge is 0.459 e. The number of carbonyl (C=O) groups excluding carboxylic acids is 2. The number of likely N-dealkylation sites (N-methyl/N-ethyl adjacent to an activating group) is 1. The highest BCUT2D eigenvalue weighted by Crippen LogP contribution is 2.42. The lowest BCUT2D eigenvalue weighted by Crippen LogP contribution is -2.61. The molecular formula is C46H79NO14Si. The van der Waals surface area contributed by atoms with Crippen LogP contribution >= 0.6 is 0 Å². The second kappa shape index (κ2) is 20.7. The van der Waals surface area contributed by atoms with Crippen LogP contribution in [0.4, 0.5) is 0 Å². The number of hydrogen-bond acceptors (Lipinski definition) is 15. The first kappa shape index (κ1) is 52.7. The third-order valence-electron chi connectivity index (χ3n) is 14.2. The van der Waals surface area contributed by atoms with Crippen LogP contribution in [0.2, 0.25) is 13.1 Å². The van der Waals surface area contributed by atoms with Crippen molar-refractivity contribution >= 4 is 25.3 Å². The predicted octanol–water partition coefficient (Wildman–Crippen LogP) is 3.41. The van der Waals surface area contributed by atoms with E-state index in [2.05, 4.69) is 4.90 Å². The van der Waals surface area contributed by atoms with E-state index in [0.717, 1.165) is 10.8 Å². The summed E-state index contributed by atoms with van der Waals surface area (Å²) in [5.41, 5.74) is -3.38. The Hall–Kier alpha value is -1.90. The number of nitrogens with zero attached hydrogens (tertiary/aromatic N) is 1. The average molecular weight is 898 g/mol. The second-order valence-corrected chi connectivity index (χ2v) is 23.5. The van der Waals surface area contributed by atoms with Gasteiger partial charge in [0.05, 0.1) is 47.6 Å². The minimum absolute atomic E-state index is 0.0761. The van der Waals surface area contributed by atoms with E-state index in [9.17, 15) is 34.8 Å². The summed E-state index contributed by atoms with van der Waals surface area (Å²) >= 11 is 0. The molecule has 18 unspecified atom stereocenters. The molecule has 62 heavy (non-hydrogen) atoms. The normalized spacial score (nSPS) is 43.3. The number of esters is 1. The maximum Gasteiger partial charge on any atom is 0.311 e. The van der Waals surface area contributed by atoms with E-state index in [0.29, 0.717) is 13.0 Å². The Morgan fingerprint density at radius 2 is 1.52 bits per heavy atom. The molecule has 0 saturated carbocycles. The fraction of sp³-hybridized carbons (Fsp3) is 0.826. The van der Waals surface area contributed by atoms with Crippen LogP contribution in [-0.2, 0) is 49.3 Å². The molecule has 0 radical (unpaired) electrons. The standard InChI is InChI=1S/C46H79NO14Si/c1-16-34-46(10,53)39(50)27(4)36(48)25(2)22-45(9,56-13)41(28(5)38(29(6)42(52)59-34)60-35-23-44(8,55-12)40(51)30(7)58-35)61-43-37(49)33(20-26(3)57-43)47(11)24-31-18-17-19-32(21-31)62(14,15)54/h17-19,21,25-30,33-35,37-41,43,49-51,53-54H,16,20,22-24H2,1-15H3. The molecule has 15 nitrogen and oxygen atoms in total. The maximum absolute atomic E-state index is 14.4. The van der Waals surface area contributed by atoms with Gasteiger partial charge in [-0.05, 0) is 91.7 Å². The van der Waals surface area contributed by atoms with Gasteiger partial charge >= 0.3 is 5.97 Å². The number of ether oxygens (including phenoxy) is 7. The number of methoxy groups -OCH3 is 2. The van der Waals surface area contributed by atoms with Crippen molar-refractivity contribution in [3.05, 3.63) is 29.8 Å². The van der Waals surface area contributed by atoms with E-state index in [-0.39, 0.29) is 31.1 Å². The molecule has 1 aromatic carbocycles. The third-order valence-corrected chi connectivity index (χ3v) is 16.0. The maximum atomic E-state index is 14.4. The van der Waals surface area contributed by atoms with Crippen molar-refractivity contribution in [1.29, 1.82) is 0 Å². The molecule has 0 amide bonds. The number of carbonyl (C=O) groups is 2. The molecule has 0 bridgehead atoms. The second-order valence-electron chi connectivity index (χ2n) is 19.8. The Bertz CT molecular complexity index is 1640. The highest BCUT2D eigenvalue weighted by Gasteiger charge is 2.54. The molecule has 4 rings (SSSR count). The number of Topliss-reactive ketones (excluding diaryl/α,β-unsaturated/α-hetero) is 1. The Labute approximate surface area is 370 Å². The summed E-state index contributed by atoms with van der Waals surface area (Å²) in [5, 5.41) is 47.5. The van der Waals surface area contributed by atoms with Gasteiger partial charge in [0.15, 0.2) is 12.6 Å². The van der Waals surface area contributed by atoms with Gasteiger partial charge < -0.3 is 58.4 Å². The fourth-order valence-corrected chi connectivity index (χ4v) is 11.0. The van der Waals surface area contributed by atoms with Crippen molar-refractivity contribution in [3.8, 4) is 0 Å². The fourth-order valence-electron chi connectivity index (χ4n) is 9.96. The summed E-state index contributed by atoms with van der Waals surface area (Å²) < 4.78 is 44.6. The molecule has 16 heteroatoms. The van der Waals surface area contributed by atoms with Crippen molar-refractivity contribution in [2.24, 2.45) is 23.7 Å². The minimum atomic E-state index is -2.57. The monoisotopic (exact) mass is 898 g/mol. The summed E-state index contributed by atoms with van der Waals surface area (Å²) in [5.74, 6) is -4.67. The molecule has 0 aliphatic carbocycles. The molecular weight excluding hydrogens is 819 g/mol. The van der Waals surface area contributed by atoms with Crippen molar-refractivity contribution in [2.75, 3.05) is 21.3 Å². The van der Waals surface area contributed by atoms with Gasteiger partial charge in [0, 0.05) is 51.0 Å². The van der Waals surface area contributed by atoms with Crippen molar-refractivity contribution < 1.29 is 68.0 Å². The number of aliphatic hydroxyl groups is 4. The van der Waals surface area contributed by atoms with Gasteiger partial charge in [-0.3, -0.25) is 14.5 Å². The van der Waals surface area contributed by atoms with E-state index in [4.69, 9.17) is 33.2 Å². The lowest BCUT2D eigenvalue weighted by atomic mass is 9.74. The molecule has 356 valence electrons. The lowest BCUT2D eigenvalue weighted by molar-refractivity contribution is -0.319. The van der Waals surface area contributed by atoms with Gasteiger partial charge in [0.25, 0.3) is 0 Å². The van der Waals surface area contributed by atoms with Gasteiger partial charge in [-0.2, -0.15) is 0 Å². The van der Waals surface area contributed by atoms with Crippen LogP contribution in [0, 0.1) is 23.7 Å². The molecule has 0 aromatic heterocycles. The van der Waals surface area contributed by atoms with Crippen LogP contribution in [0.3, 0.4) is 0 Å². The first-order chi connectivity index (χ1) is 28.6. The zero-order valence-electron chi connectivity index (χ0n) is 39.9. The Morgan fingerprint density at radius 1 is 0.887 bits per heavy atom. The predicted molar refractivity (Wildman–Crippen MR) is 235 cm³/mol. The van der Waals surface area contributed by atoms with Gasteiger partial charge in [-0.1, -0.05) is 52.0 Å². The summed E-state index contributed by atoms with van der Waals surface area (Å²) in [6, 6.07) is 7.45. The van der Waals surface area contributed by atoms with Crippen molar-refractivity contribution in [1.82, 2.24) is 4.90 Å². The van der Waals surface area contributed by atoms with Gasteiger partial charge in [0.1, 0.15) is 29.7 Å². The number of rotatable bonds is 11. The van der Waals surface area contributed by atoms with Gasteiger partial charge in [0.2, 0.25) is 8.32 Å². The smallest absolute Gasteiger partial charge is 0.311 e.